The van der Waals surface area contributed by atoms with Crippen LogP contribution < -0.4 is 0 Å². The Kier molecular flexibility index (Phi) is 14.3. The molecule has 0 aromatic rings. The maximum absolute atomic E-state index is 2.47. The zero-order valence-corrected chi connectivity index (χ0v) is 21.4. The smallest absolute Gasteiger partial charge is 0.0324 e. The molecule has 1 aliphatic carbocycles. The van der Waals surface area contributed by atoms with E-state index in [1.807, 2.05) is 13.8 Å². The quantitative estimate of drug-likeness (QED) is 0.454. The summed E-state index contributed by atoms with van der Waals surface area (Å²) in [6, 6.07) is 0. The normalized spacial score (nSPS) is 28.7. The fourth-order valence-corrected chi connectivity index (χ4v) is 5.73. The molecule has 0 bridgehead atoms. The second-order valence-electron chi connectivity index (χ2n) is 10.8. The second-order valence-corrected chi connectivity index (χ2v) is 10.8. The molecule has 0 unspecified atom stereocenters. The van der Waals surface area contributed by atoms with Crippen molar-refractivity contribution in [1.29, 1.82) is 0 Å². The summed E-state index contributed by atoms with van der Waals surface area (Å²) in [5, 5.41) is 0. The molecule has 1 rings (SSSR count). The van der Waals surface area contributed by atoms with Gasteiger partial charge in [-0.25, -0.2) is 0 Å². The Labute approximate surface area is 169 Å². The summed E-state index contributed by atoms with van der Waals surface area (Å²) in [5.41, 5.74) is 0. The van der Waals surface area contributed by atoms with E-state index in [1.165, 1.54) is 0 Å². The van der Waals surface area contributed by atoms with Crippen LogP contribution in [0.25, 0.3) is 0 Å². The lowest BCUT2D eigenvalue weighted by molar-refractivity contribution is 0.131. The highest BCUT2D eigenvalue weighted by Crippen LogP contribution is 2.58. The van der Waals surface area contributed by atoms with Crippen LogP contribution in [0.2, 0.25) is 0 Å². The monoisotopic (exact) mass is 368 g/mol. The van der Waals surface area contributed by atoms with Gasteiger partial charge in [0.15, 0.2) is 0 Å². The number of hydrogen-bond donors (Lipinski definition) is 0. The van der Waals surface area contributed by atoms with Crippen LogP contribution in [0.1, 0.15) is 104 Å². The predicted molar refractivity (Wildman–Crippen MR) is 124 cm³/mol. The van der Waals surface area contributed by atoms with Gasteiger partial charge in [-0.3, -0.25) is 0 Å². The third kappa shape index (κ3) is 7.93. The van der Waals surface area contributed by atoms with Gasteiger partial charge in [-0.15, -0.1) is 0 Å². The van der Waals surface area contributed by atoms with E-state index in [9.17, 15) is 0 Å². The van der Waals surface area contributed by atoms with Crippen molar-refractivity contribution >= 4 is 0 Å². The van der Waals surface area contributed by atoms with E-state index in [2.05, 4.69) is 90.0 Å². The zero-order chi connectivity index (χ0) is 21.4. The van der Waals surface area contributed by atoms with Crippen molar-refractivity contribution in [2.75, 3.05) is 0 Å². The molecule has 0 spiro atoms. The molecule has 160 valence electrons. The molecule has 0 aromatic carbocycles. The van der Waals surface area contributed by atoms with E-state index in [0.717, 1.165) is 65.1 Å². The molecule has 0 aliphatic heterocycles. The van der Waals surface area contributed by atoms with E-state index in [0.29, 0.717) is 0 Å². The van der Waals surface area contributed by atoms with Gasteiger partial charge in [0.2, 0.25) is 0 Å². The van der Waals surface area contributed by atoms with Crippen molar-refractivity contribution in [3.63, 3.8) is 0 Å². The van der Waals surface area contributed by atoms with Crippen molar-refractivity contribution in [3.8, 4) is 0 Å². The Morgan fingerprint density at radius 3 is 0.423 bits per heavy atom. The Morgan fingerprint density at radius 1 is 0.308 bits per heavy atom. The first-order valence-electron chi connectivity index (χ1n) is 11.8. The van der Waals surface area contributed by atoms with Crippen LogP contribution >= 0.6 is 0 Å². The lowest BCUT2D eigenvalue weighted by Gasteiger charge is -2.35. The van der Waals surface area contributed by atoms with Crippen LogP contribution in [-0.4, -0.2) is 0 Å². The minimum Gasteiger partial charge on any atom is -0.0683 e. The van der Waals surface area contributed by atoms with Gasteiger partial charge in [0.1, 0.15) is 0 Å². The van der Waals surface area contributed by atoms with Gasteiger partial charge in [-0.1, -0.05) is 104 Å². The first kappa shape index (κ1) is 28.2. The molecule has 1 aliphatic rings. The van der Waals surface area contributed by atoms with E-state index < -0.39 is 0 Å². The predicted octanol–water partition coefficient (Wildman–Crippen LogP) is 9.05. The number of rotatable bonds is 5. The average molecular weight is 369 g/mol. The Morgan fingerprint density at radius 2 is 0.385 bits per heavy atom. The zero-order valence-electron chi connectivity index (χ0n) is 21.4. The van der Waals surface area contributed by atoms with Crippen molar-refractivity contribution in [2.45, 2.75) is 104 Å². The standard InChI is InChI=1S/C20H40.C4H10.C2H6/c1-11(2)16-17(12(3)4)19(14(7)8)20(15(9)10)18(16)13(5)6;1-4(2)3;1-2/h11-20H,1-10H3;4H,1-3H3;1-2H3. The van der Waals surface area contributed by atoms with Crippen molar-refractivity contribution in [1.82, 2.24) is 0 Å². The van der Waals surface area contributed by atoms with Gasteiger partial charge >= 0.3 is 0 Å². The minimum atomic E-state index is 0.819. The summed E-state index contributed by atoms with van der Waals surface area (Å²) >= 11 is 0. The summed E-state index contributed by atoms with van der Waals surface area (Å²) in [7, 11) is 0. The van der Waals surface area contributed by atoms with Crippen LogP contribution in [0.3, 0.4) is 0 Å². The molecule has 0 amide bonds. The van der Waals surface area contributed by atoms with E-state index in [1.54, 1.807) is 0 Å². The third-order valence-electron chi connectivity index (χ3n) is 6.07. The first-order valence-corrected chi connectivity index (χ1v) is 11.8. The molecule has 0 radical (unpaired) electrons. The second kappa shape index (κ2) is 13.2. The van der Waals surface area contributed by atoms with Crippen molar-refractivity contribution in [2.24, 2.45) is 65.1 Å². The molecular formula is C26H56. The fourth-order valence-electron chi connectivity index (χ4n) is 5.73. The molecule has 0 aromatic heterocycles. The van der Waals surface area contributed by atoms with E-state index >= 15 is 0 Å². The SMILES string of the molecule is CC.CC(C)C.CC(C)C1C(C(C)C)C(C(C)C)C(C(C)C)C1C(C)C. The van der Waals surface area contributed by atoms with Gasteiger partial charge in [-0.2, -0.15) is 0 Å². The largest absolute Gasteiger partial charge is 0.0683 e. The van der Waals surface area contributed by atoms with Gasteiger partial charge < -0.3 is 0 Å². The molecule has 0 N–H and O–H groups in total. The van der Waals surface area contributed by atoms with Gasteiger partial charge in [-0.05, 0) is 65.1 Å². The highest BCUT2D eigenvalue weighted by molar-refractivity contribution is 5.01. The van der Waals surface area contributed by atoms with Gasteiger partial charge in [0.05, 0.1) is 0 Å². The molecule has 0 heterocycles. The van der Waals surface area contributed by atoms with Crippen LogP contribution in [0.4, 0.5) is 0 Å². The molecule has 26 heavy (non-hydrogen) atoms. The van der Waals surface area contributed by atoms with E-state index in [4.69, 9.17) is 0 Å². The van der Waals surface area contributed by atoms with Crippen molar-refractivity contribution in [3.05, 3.63) is 0 Å². The van der Waals surface area contributed by atoms with Crippen LogP contribution in [0.15, 0.2) is 0 Å². The van der Waals surface area contributed by atoms with Gasteiger partial charge in [0, 0.05) is 0 Å². The molecule has 1 saturated carbocycles. The summed E-state index contributed by atoms with van der Waals surface area (Å²) in [4.78, 5) is 0. The number of hydrogen-bond acceptors (Lipinski definition) is 0. The molecule has 1 fully saturated rings. The topological polar surface area (TPSA) is 0 Å². The molecule has 0 heteroatoms. The molecule has 0 atom stereocenters. The minimum absolute atomic E-state index is 0.819. The fraction of sp³-hybridized carbons (Fsp3) is 1.00. The summed E-state index contributed by atoms with van der Waals surface area (Å²) in [5.74, 6) is 9.49. The Bertz CT molecular complexity index is 239. The lowest BCUT2D eigenvalue weighted by atomic mass is 9.70. The highest BCUT2D eigenvalue weighted by Gasteiger charge is 2.54. The summed E-state index contributed by atoms with van der Waals surface area (Å²) in [6.07, 6.45) is 0. The molecule has 0 saturated heterocycles. The highest BCUT2D eigenvalue weighted by atomic mass is 14.6. The average Bonchev–Trinajstić information content (AvgIpc) is 2.85. The van der Waals surface area contributed by atoms with Gasteiger partial charge in [0.25, 0.3) is 0 Å². The van der Waals surface area contributed by atoms with Crippen molar-refractivity contribution < 1.29 is 0 Å². The Balaban J connectivity index is 0. The van der Waals surface area contributed by atoms with E-state index in [-0.39, 0.29) is 0 Å². The maximum atomic E-state index is 2.47. The van der Waals surface area contributed by atoms with Crippen LogP contribution in [-0.2, 0) is 0 Å². The third-order valence-corrected chi connectivity index (χ3v) is 6.07. The van der Waals surface area contributed by atoms with Crippen LogP contribution in [0.5, 0.6) is 0 Å². The maximum Gasteiger partial charge on any atom is -0.0324 e. The summed E-state index contributed by atoms with van der Waals surface area (Å²) < 4.78 is 0. The molecular weight excluding hydrogens is 312 g/mol. The molecule has 0 nitrogen and oxygen atoms in total. The van der Waals surface area contributed by atoms with Crippen LogP contribution in [0, 0.1) is 65.1 Å². The lowest BCUT2D eigenvalue weighted by Crippen LogP contribution is -2.29. The Hall–Kier alpha value is 0. The summed E-state index contributed by atoms with van der Waals surface area (Å²) in [6.45, 7) is 35.2. The first-order chi connectivity index (χ1) is 11.8.